The van der Waals surface area contributed by atoms with Crippen molar-refractivity contribution in [1.82, 2.24) is 24.6 Å². The Morgan fingerprint density at radius 2 is 1.85 bits per heavy atom. The maximum atomic E-state index is 11.5. The molecular formula is C27H36BrCl2N5O4Si. The third-order valence-electron chi connectivity index (χ3n) is 7.22. The first kappa shape index (κ1) is 32.3. The highest BCUT2D eigenvalue weighted by atomic mass is 79.9. The Kier molecular flexibility index (Phi) is 9.99. The number of ether oxygens (including phenoxy) is 1. The van der Waals surface area contributed by atoms with E-state index in [1.165, 1.54) is 11.9 Å². The number of carbonyl (C=O) groups is 1. The molecule has 1 atom stereocenters. The van der Waals surface area contributed by atoms with Gasteiger partial charge in [0.1, 0.15) is 22.1 Å². The highest BCUT2D eigenvalue weighted by Gasteiger charge is 2.39. The van der Waals surface area contributed by atoms with Crippen molar-refractivity contribution in [1.29, 1.82) is 0 Å². The number of amides is 1. The fourth-order valence-corrected chi connectivity index (χ4v) is 5.95. The second kappa shape index (κ2) is 12.4. The number of aryl methyl sites for hydroxylation is 1. The van der Waals surface area contributed by atoms with Crippen LogP contribution in [0.15, 0.2) is 22.8 Å². The van der Waals surface area contributed by atoms with Crippen LogP contribution in [0.2, 0.25) is 28.3 Å². The quantitative estimate of drug-likeness (QED) is 0.184. The molecule has 3 aromatic rings. The summed E-state index contributed by atoms with van der Waals surface area (Å²) in [5, 5.41) is 14.6. The van der Waals surface area contributed by atoms with E-state index in [-0.39, 0.29) is 18.2 Å². The molecule has 0 bridgehead atoms. The molecule has 0 unspecified atom stereocenters. The maximum Gasteiger partial charge on any atom is 0.407 e. The van der Waals surface area contributed by atoms with Gasteiger partial charge in [-0.15, -0.1) is 0 Å². The van der Waals surface area contributed by atoms with Crippen molar-refractivity contribution >= 4 is 53.5 Å². The van der Waals surface area contributed by atoms with Crippen LogP contribution in [0.4, 0.5) is 4.79 Å². The lowest BCUT2D eigenvalue weighted by atomic mass is 10.1. The summed E-state index contributed by atoms with van der Waals surface area (Å²) in [6.45, 7) is 14.8. The first-order chi connectivity index (χ1) is 18.4. The molecule has 40 heavy (non-hydrogen) atoms. The Morgan fingerprint density at radius 1 is 1.20 bits per heavy atom. The van der Waals surface area contributed by atoms with Crippen molar-refractivity contribution in [2.45, 2.75) is 58.9 Å². The highest BCUT2D eigenvalue weighted by Crippen LogP contribution is 2.38. The van der Waals surface area contributed by atoms with E-state index in [9.17, 15) is 9.90 Å². The summed E-state index contributed by atoms with van der Waals surface area (Å²) < 4.78 is 15.1. The van der Waals surface area contributed by atoms with Crippen LogP contribution in [0.25, 0.3) is 22.8 Å². The van der Waals surface area contributed by atoms with Crippen LogP contribution in [0, 0.1) is 13.8 Å². The predicted molar refractivity (Wildman–Crippen MR) is 165 cm³/mol. The molecule has 1 N–H and O–H groups in total. The summed E-state index contributed by atoms with van der Waals surface area (Å²) >= 11 is 16.6. The van der Waals surface area contributed by atoms with E-state index < -0.39 is 20.5 Å². The minimum Gasteiger partial charge on any atom is -0.491 e. The summed E-state index contributed by atoms with van der Waals surface area (Å²) in [6.07, 6.45) is -1.50. The standard InChI is InChI=1S/C27H36BrCl2N5O4Si/c1-15-21(22-16(2)23(28)33-35(22)7)31-25(32-24(15)30)19-12-17(10-11-20(19)29)38-14-18(13-34(6)26(36)37)39-40(8,9)27(3,4)5/h10-12,18H,13-14H2,1-9H3,(H,36,37)/t18-/m1/s1. The van der Waals surface area contributed by atoms with Gasteiger partial charge in [-0.1, -0.05) is 44.0 Å². The molecular weight excluding hydrogens is 637 g/mol. The molecule has 0 aliphatic heterocycles. The van der Waals surface area contributed by atoms with Crippen LogP contribution in [0.3, 0.4) is 0 Å². The number of likely N-dealkylation sites (N-methyl/N-ethyl adjacent to an activating group) is 1. The van der Waals surface area contributed by atoms with Crippen LogP contribution in [-0.4, -0.2) is 70.5 Å². The van der Waals surface area contributed by atoms with Gasteiger partial charge in [-0.25, -0.2) is 14.8 Å². The van der Waals surface area contributed by atoms with E-state index in [0.29, 0.717) is 33.0 Å². The number of carboxylic acid groups (broad SMARTS) is 1. The zero-order chi connectivity index (χ0) is 30.2. The van der Waals surface area contributed by atoms with Crippen LogP contribution in [0.5, 0.6) is 5.75 Å². The smallest absolute Gasteiger partial charge is 0.407 e. The molecule has 0 aliphatic carbocycles. The summed E-state index contributed by atoms with van der Waals surface area (Å²) in [6, 6.07) is 5.21. The van der Waals surface area contributed by atoms with Gasteiger partial charge in [0.05, 0.1) is 29.1 Å². The Morgan fingerprint density at radius 3 is 2.40 bits per heavy atom. The number of hydrogen-bond acceptors (Lipinski definition) is 6. The van der Waals surface area contributed by atoms with E-state index >= 15 is 0 Å². The molecule has 0 saturated carbocycles. The second-order valence-electron chi connectivity index (χ2n) is 11.3. The average molecular weight is 674 g/mol. The Balaban J connectivity index is 1.95. The third-order valence-corrected chi connectivity index (χ3v) is 13.2. The molecule has 0 spiro atoms. The number of benzene rings is 1. The van der Waals surface area contributed by atoms with Gasteiger partial charge in [0.25, 0.3) is 0 Å². The number of rotatable bonds is 9. The van der Waals surface area contributed by atoms with Crippen LogP contribution in [0.1, 0.15) is 31.9 Å². The van der Waals surface area contributed by atoms with Gasteiger partial charge in [-0.05, 0) is 66.1 Å². The largest absolute Gasteiger partial charge is 0.491 e. The minimum atomic E-state index is -2.20. The molecule has 2 aromatic heterocycles. The van der Waals surface area contributed by atoms with E-state index in [2.05, 4.69) is 59.9 Å². The topological polar surface area (TPSA) is 103 Å². The van der Waals surface area contributed by atoms with Gasteiger partial charge < -0.3 is 19.2 Å². The molecule has 1 aromatic carbocycles. The molecule has 1 amide bonds. The highest BCUT2D eigenvalue weighted by molar-refractivity contribution is 9.10. The van der Waals surface area contributed by atoms with Gasteiger partial charge in [-0.2, -0.15) is 5.10 Å². The number of aromatic nitrogens is 4. The molecule has 0 fully saturated rings. The van der Waals surface area contributed by atoms with Gasteiger partial charge in [-0.3, -0.25) is 4.68 Å². The normalized spacial score (nSPS) is 12.9. The van der Waals surface area contributed by atoms with Crippen LogP contribution >= 0.6 is 39.1 Å². The third kappa shape index (κ3) is 7.17. The summed E-state index contributed by atoms with van der Waals surface area (Å²) in [7, 11) is 1.15. The van der Waals surface area contributed by atoms with Crippen LogP contribution < -0.4 is 4.74 Å². The number of hydrogen-bond donors (Lipinski definition) is 1. The fourth-order valence-electron chi connectivity index (χ4n) is 3.82. The minimum absolute atomic E-state index is 0.0535. The van der Waals surface area contributed by atoms with Crippen molar-refractivity contribution in [3.8, 4) is 28.5 Å². The SMILES string of the molecule is Cc1c(Cl)nc(-c2cc(OC[C@@H](CN(C)C(=O)O)O[Si](C)(C)C(C)(C)C)ccc2Cl)nc1-c1c(C)c(Br)nn1C. The van der Waals surface area contributed by atoms with Gasteiger partial charge in [0.15, 0.2) is 14.1 Å². The van der Waals surface area contributed by atoms with E-state index in [1.807, 2.05) is 20.9 Å². The zero-order valence-corrected chi connectivity index (χ0v) is 28.4. The van der Waals surface area contributed by atoms with Gasteiger partial charge >= 0.3 is 6.09 Å². The van der Waals surface area contributed by atoms with Gasteiger partial charge in [0, 0.05) is 30.8 Å². The van der Waals surface area contributed by atoms with Crippen molar-refractivity contribution in [2.24, 2.45) is 7.05 Å². The van der Waals surface area contributed by atoms with Crippen LogP contribution in [-0.2, 0) is 11.5 Å². The maximum absolute atomic E-state index is 11.5. The van der Waals surface area contributed by atoms with Crippen molar-refractivity contribution in [3.05, 3.63) is 44.1 Å². The fraction of sp³-hybridized carbons (Fsp3) is 0.481. The predicted octanol–water partition coefficient (Wildman–Crippen LogP) is 7.61. The first-order valence-corrected chi connectivity index (χ1v) is 17.2. The van der Waals surface area contributed by atoms with E-state index in [4.69, 9.17) is 37.3 Å². The van der Waals surface area contributed by atoms with E-state index in [0.717, 1.165) is 21.4 Å². The number of halogens is 3. The Labute approximate surface area is 255 Å². The summed E-state index contributed by atoms with van der Waals surface area (Å²) in [4.78, 5) is 22.1. The zero-order valence-electron chi connectivity index (χ0n) is 24.3. The first-order valence-electron chi connectivity index (χ1n) is 12.7. The lowest BCUT2D eigenvalue weighted by Gasteiger charge is -2.39. The molecule has 218 valence electrons. The Hall–Kier alpha value is -2.18. The summed E-state index contributed by atoms with van der Waals surface area (Å²) in [5.74, 6) is 0.861. The molecule has 0 saturated heterocycles. The van der Waals surface area contributed by atoms with E-state index in [1.54, 1.807) is 22.9 Å². The molecule has 13 heteroatoms. The molecule has 2 heterocycles. The molecule has 0 radical (unpaired) electrons. The van der Waals surface area contributed by atoms with Crippen molar-refractivity contribution in [3.63, 3.8) is 0 Å². The molecule has 0 aliphatic rings. The Bertz CT molecular complexity index is 1410. The summed E-state index contributed by atoms with van der Waals surface area (Å²) in [5.41, 5.74) is 3.65. The second-order valence-corrected chi connectivity index (χ2v) is 17.6. The van der Waals surface area contributed by atoms with Crippen molar-refractivity contribution < 1.29 is 19.1 Å². The molecule has 3 rings (SSSR count). The van der Waals surface area contributed by atoms with Crippen molar-refractivity contribution in [2.75, 3.05) is 20.2 Å². The average Bonchev–Trinajstić information content (AvgIpc) is 3.09. The number of nitrogens with zero attached hydrogens (tertiary/aromatic N) is 5. The lowest BCUT2D eigenvalue weighted by Crippen LogP contribution is -2.49. The molecule has 9 nitrogen and oxygen atoms in total. The lowest BCUT2D eigenvalue weighted by molar-refractivity contribution is 0.0794. The van der Waals surface area contributed by atoms with Gasteiger partial charge in [0.2, 0.25) is 0 Å². The monoisotopic (exact) mass is 671 g/mol.